The summed E-state index contributed by atoms with van der Waals surface area (Å²) in [6.07, 6.45) is 2.99. The van der Waals surface area contributed by atoms with Gasteiger partial charge in [0, 0.05) is 17.3 Å². The van der Waals surface area contributed by atoms with Crippen molar-refractivity contribution in [1.29, 1.82) is 0 Å². The first kappa shape index (κ1) is 13.4. The summed E-state index contributed by atoms with van der Waals surface area (Å²) in [5, 5.41) is 0.909. The van der Waals surface area contributed by atoms with E-state index in [1.807, 2.05) is 24.4 Å². The number of methoxy groups -OCH3 is 1. The maximum atomic E-state index is 11.8. The lowest BCUT2D eigenvalue weighted by atomic mass is 10.1. The van der Waals surface area contributed by atoms with E-state index < -0.39 is 0 Å². The number of esters is 1. The van der Waals surface area contributed by atoms with Crippen LogP contribution >= 0.6 is 0 Å². The van der Waals surface area contributed by atoms with E-state index in [9.17, 15) is 4.79 Å². The van der Waals surface area contributed by atoms with Crippen molar-refractivity contribution in [3.05, 3.63) is 65.9 Å². The van der Waals surface area contributed by atoms with E-state index in [0.717, 1.165) is 23.0 Å². The van der Waals surface area contributed by atoms with Gasteiger partial charge in [0.05, 0.1) is 18.2 Å². The van der Waals surface area contributed by atoms with Crippen LogP contribution in [-0.4, -0.2) is 17.6 Å². The van der Waals surface area contributed by atoms with Crippen LogP contribution in [0.2, 0.25) is 0 Å². The Kier molecular flexibility index (Phi) is 3.48. The van der Waals surface area contributed by atoms with E-state index in [1.165, 1.54) is 12.7 Å². The SMILES string of the molecule is CCc1cccc(-n2ccc3c(C(=O)OC)cccc32)c1. The lowest BCUT2D eigenvalue weighted by molar-refractivity contribution is 0.0603. The molecule has 0 aliphatic heterocycles. The Hall–Kier alpha value is -2.55. The molecule has 0 fully saturated rings. The molecule has 1 aromatic heterocycles. The predicted octanol–water partition coefficient (Wildman–Crippen LogP) is 3.98. The Bertz CT molecular complexity index is 802. The van der Waals surface area contributed by atoms with E-state index in [-0.39, 0.29) is 5.97 Å². The standard InChI is InChI=1S/C18H17NO2/c1-3-13-6-4-7-14(12-13)19-11-10-15-16(18(20)21-2)8-5-9-17(15)19/h4-12H,3H2,1-2H3. The third-order valence-electron chi connectivity index (χ3n) is 3.74. The quantitative estimate of drug-likeness (QED) is 0.679. The summed E-state index contributed by atoms with van der Waals surface area (Å²) in [4.78, 5) is 11.8. The van der Waals surface area contributed by atoms with Gasteiger partial charge in [0.25, 0.3) is 0 Å². The fraction of sp³-hybridized carbons (Fsp3) is 0.167. The Morgan fingerprint density at radius 3 is 2.71 bits per heavy atom. The van der Waals surface area contributed by atoms with Crippen LogP contribution in [0, 0.1) is 0 Å². The minimum atomic E-state index is -0.305. The average Bonchev–Trinajstić information content (AvgIpc) is 2.98. The van der Waals surface area contributed by atoms with Gasteiger partial charge in [-0.25, -0.2) is 4.79 Å². The molecule has 0 amide bonds. The van der Waals surface area contributed by atoms with Crippen LogP contribution in [0.4, 0.5) is 0 Å². The van der Waals surface area contributed by atoms with Crippen molar-refractivity contribution >= 4 is 16.9 Å². The smallest absolute Gasteiger partial charge is 0.338 e. The molecule has 21 heavy (non-hydrogen) atoms. The molecule has 106 valence electrons. The zero-order chi connectivity index (χ0) is 14.8. The monoisotopic (exact) mass is 279 g/mol. The molecule has 0 unspecified atom stereocenters. The molecule has 0 atom stereocenters. The Labute approximate surface area is 123 Å². The van der Waals surface area contributed by atoms with Crippen LogP contribution in [0.25, 0.3) is 16.6 Å². The maximum absolute atomic E-state index is 11.8. The average molecular weight is 279 g/mol. The minimum Gasteiger partial charge on any atom is -0.465 e. The molecule has 0 saturated heterocycles. The normalized spacial score (nSPS) is 10.8. The summed E-state index contributed by atoms with van der Waals surface area (Å²) in [6, 6.07) is 16.1. The van der Waals surface area contributed by atoms with Crippen LogP contribution in [-0.2, 0) is 11.2 Å². The number of carbonyl (C=O) groups is 1. The summed E-state index contributed by atoms with van der Waals surface area (Å²) < 4.78 is 6.95. The van der Waals surface area contributed by atoms with E-state index in [2.05, 4.69) is 35.8 Å². The zero-order valence-electron chi connectivity index (χ0n) is 12.2. The third kappa shape index (κ3) is 2.31. The van der Waals surface area contributed by atoms with Crippen molar-refractivity contribution < 1.29 is 9.53 Å². The third-order valence-corrected chi connectivity index (χ3v) is 3.74. The Balaban J connectivity index is 2.18. The van der Waals surface area contributed by atoms with Gasteiger partial charge in [-0.05, 0) is 42.3 Å². The van der Waals surface area contributed by atoms with Crippen LogP contribution < -0.4 is 0 Å². The summed E-state index contributed by atoms with van der Waals surface area (Å²) in [7, 11) is 1.41. The zero-order valence-corrected chi connectivity index (χ0v) is 12.2. The number of benzene rings is 2. The highest BCUT2D eigenvalue weighted by Crippen LogP contribution is 2.24. The number of ether oxygens (including phenoxy) is 1. The molecule has 3 nitrogen and oxygen atoms in total. The molecule has 0 aliphatic carbocycles. The van der Waals surface area contributed by atoms with Gasteiger partial charge in [0.2, 0.25) is 0 Å². The second-order valence-electron chi connectivity index (χ2n) is 4.94. The minimum absolute atomic E-state index is 0.305. The molecular weight excluding hydrogens is 262 g/mol. The number of hydrogen-bond donors (Lipinski definition) is 0. The van der Waals surface area contributed by atoms with Crippen molar-refractivity contribution in [1.82, 2.24) is 4.57 Å². The molecule has 0 spiro atoms. The van der Waals surface area contributed by atoms with E-state index in [4.69, 9.17) is 4.74 Å². The van der Waals surface area contributed by atoms with Crippen LogP contribution in [0.1, 0.15) is 22.8 Å². The van der Waals surface area contributed by atoms with Gasteiger partial charge in [-0.15, -0.1) is 0 Å². The Morgan fingerprint density at radius 2 is 1.95 bits per heavy atom. The van der Waals surface area contributed by atoms with Crippen molar-refractivity contribution in [2.45, 2.75) is 13.3 Å². The fourth-order valence-electron chi connectivity index (χ4n) is 2.61. The van der Waals surface area contributed by atoms with Crippen LogP contribution in [0.5, 0.6) is 0 Å². The number of nitrogens with zero attached hydrogens (tertiary/aromatic N) is 1. The molecular formula is C18H17NO2. The second-order valence-corrected chi connectivity index (χ2v) is 4.94. The Morgan fingerprint density at radius 1 is 1.14 bits per heavy atom. The molecule has 0 aliphatic rings. The van der Waals surface area contributed by atoms with Gasteiger partial charge in [-0.2, -0.15) is 0 Å². The first-order valence-electron chi connectivity index (χ1n) is 7.02. The summed E-state index contributed by atoms with van der Waals surface area (Å²) in [5.41, 5.74) is 4.00. The number of aryl methyl sites for hydroxylation is 1. The van der Waals surface area contributed by atoms with Gasteiger partial charge >= 0.3 is 5.97 Å². The lowest BCUT2D eigenvalue weighted by Gasteiger charge is -2.08. The van der Waals surface area contributed by atoms with Gasteiger partial charge < -0.3 is 9.30 Å². The highest BCUT2D eigenvalue weighted by Gasteiger charge is 2.12. The van der Waals surface area contributed by atoms with Crippen molar-refractivity contribution in [2.24, 2.45) is 0 Å². The number of aromatic nitrogens is 1. The topological polar surface area (TPSA) is 31.2 Å². The lowest BCUT2D eigenvalue weighted by Crippen LogP contribution is -2.01. The number of carbonyl (C=O) groups excluding carboxylic acids is 1. The molecule has 0 N–H and O–H groups in total. The highest BCUT2D eigenvalue weighted by atomic mass is 16.5. The van der Waals surface area contributed by atoms with Crippen LogP contribution in [0.3, 0.4) is 0 Å². The molecule has 3 rings (SSSR count). The first-order valence-corrected chi connectivity index (χ1v) is 7.02. The van der Waals surface area contributed by atoms with Crippen molar-refractivity contribution in [3.63, 3.8) is 0 Å². The van der Waals surface area contributed by atoms with Gasteiger partial charge in [0.15, 0.2) is 0 Å². The maximum Gasteiger partial charge on any atom is 0.338 e. The molecule has 0 radical (unpaired) electrons. The number of fused-ring (bicyclic) bond motifs is 1. The molecule has 0 saturated carbocycles. The van der Waals surface area contributed by atoms with E-state index in [0.29, 0.717) is 5.56 Å². The summed E-state index contributed by atoms with van der Waals surface area (Å²) >= 11 is 0. The largest absolute Gasteiger partial charge is 0.465 e. The molecule has 0 bridgehead atoms. The molecule has 1 heterocycles. The molecule has 3 heteroatoms. The molecule has 2 aromatic carbocycles. The van der Waals surface area contributed by atoms with Gasteiger partial charge in [-0.3, -0.25) is 0 Å². The number of rotatable bonds is 3. The molecule has 3 aromatic rings. The van der Waals surface area contributed by atoms with Crippen LogP contribution in [0.15, 0.2) is 54.7 Å². The van der Waals surface area contributed by atoms with Crippen molar-refractivity contribution in [3.8, 4) is 5.69 Å². The summed E-state index contributed by atoms with van der Waals surface area (Å²) in [6.45, 7) is 2.14. The summed E-state index contributed by atoms with van der Waals surface area (Å²) in [5.74, 6) is -0.305. The van der Waals surface area contributed by atoms with Gasteiger partial charge in [-0.1, -0.05) is 25.1 Å². The van der Waals surface area contributed by atoms with E-state index in [1.54, 1.807) is 6.07 Å². The van der Waals surface area contributed by atoms with Gasteiger partial charge in [0.1, 0.15) is 0 Å². The predicted molar refractivity (Wildman–Crippen MR) is 84.0 cm³/mol. The highest BCUT2D eigenvalue weighted by molar-refractivity contribution is 6.04. The van der Waals surface area contributed by atoms with Crippen molar-refractivity contribution in [2.75, 3.05) is 7.11 Å². The fourth-order valence-corrected chi connectivity index (χ4v) is 2.61. The second kappa shape index (κ2) is 5.44. The van der Waals surface area contributed by atoms with E-state index >= 15 is 0 Å². The number of hydrogen-bond acceptors (Lipinski definition) is 2. The first-order chi connectivity index (χ1) is 10.2.